The molecule has 0 bridgehead atoms. The Morgan fingerprint density at radius 3 is 2.59 bits per heavy atom. The van der Waals surface area contributed by atoms with E-state index in [9.17, 15) is 13.2 Å². The van der Waals surface area contributed by atoms with Gasteiger partial charge in [-0.2, -0.15) is 4.31 Å². The lowest BCUT2D eigenvalue weighted by Crippen LogP contribution is -2.46. The topological polar surface area (TPSA) is 84.9 Å². The summed E-state index contributed by atoms with van der Waals surface area (Å²) in [4.78, 5) is 12.6. The van der Waals surface area contributed by atoms with Crippen molar-refractivity contribution < 1.29 is 22.7 Å². The summed E-state index contributed by atoms with van der Waals surface area (Å²) in [5, 5.41) is 2.92. The lowest BCUT2D eigenvalue weighted by Gasteiger charge is -2.24. The number of hydrogen-bond donors (Lipinski definition) is 1. The number of hydrogen-bond acceptors (Lipinski definition) is 5. The summed E-state index contributed by atoms with van der Waals surface area (Å²) in [6.45, 7) is 6.98. The van der Waals surface area contributed by atoms with Crippen molar-refractivity contribution in [1.29, 1.82) is 0 Å². The molecule has 0 radical (unpaired) electrons. The number of amides is 1. The molecule has 0 saturated carbocycles. The Morgan fingerprint density at radius 1 is 1.30 bits per heavy atom. The SMILES string of the molecule is COc1cc(C(C)NC(=O)C2CCCN2S(C)(=O)=O)ccc1OCC(C)C. The fourth-order valence-electron chi connectivity index (χ4n) is 3.12. The first-order valence-electron chi connectivity index (χ1n) is 9.21. The number of nitrogens with zero attached hydrogens (tertiary/aromatic N) is 1. The summed E-state index contributed by atoms with van der Waals surface area (Å²) in [5.74, 6) is 1.39. The highest BCUT2D eigenvalue weighted by molar-refractivity contribution is 7.88. The van der Waals surface area contributed by atoms with Gasteiger partial charge in [0.2, 0.25) is 15.9 Å². The van der Waals surface area contributed by atoms with E-state index in [1.165, 1.54) is 4.31 Å². The van der Waals surface area contributed by atoms with Crippen molar-refractivity contribution >= 4 is 15.9 Å². The number of carbonyl (C=O) groups excluding carboxylic acids is 1. The van der Waals surface area contributed by atoms with E-state index in [1.54, 1.807) is 7.11 Å². The van der Waals surface area contributed by atoms with Gasteiger partial charge in [0.05, 0.1) is 26.0 Å². The fourth-order valence-corrected chi connectivity index (χ4v) is 4.25. The van der Waals surface area contributed by atoms with Crippen molar-refractivity contribution in [2.45, 2.75) is 45.7 Å². The second kappa shape index (κ2) is 8.93. The summed E-state index contributed by atoms with van der Waals surface area (Å²) < 4.78 is 36.1. The maximum Gasteiger partial charge on any atom is 0.238 e. The van der Waals surface area contributed by atoms with E-state index < -0.39 is 16.1 Å². The van der Waals surface area contributed by atoms with Crippen LogP contribution in [0.15, 0.2) is 18.2 Å². The van der Waals surface area contributed by atoms with Crippen molar-refractivity contribution in [3.05, 3.63) is 23.8 Å². The Hall–Kier alpha value is -1.80. The molecule has 1 saturated heterocycles. The maximum absolute atomic E-state index is 12.6. The van der Waals surface area contributed by atoms with Crippen molar-refractivity contribution in [1.82, 2.24) is 9.62 Å². The van der Waals surface area contributed by atoms with Crippen LogP contribution in [0.4, 0.5) is 0 Å². The van der Waals surface area contributed by atoms with Crippen LogP contribution in [0.2, 0.25) is 0 Å². The third kappa shape index (κ3) is 5.59. The minimum Gasteiger partial charge on any atom is -0.493 e. The highest BCUT2D eigenvalue weighted by Gasteiger charge is 2.36. The zero-order valence-corrected chi connectivity index (χ0v) is 17.5. The third-order valence-corrected chi connectivity index (χ3v) is 5.84. The summed E-state index contributed by atoms with van der Waals surface area (Å²) in [7, 11) is -1.81. The van der Waals surface area contributed by atoms with E-state index in [4.69, 9.17) is 9.47 Å². The molecule has 152 valence electrons. The second-order valence-corrected chi connectivity index (χ2v) is 9.31. The molecule has 0 aliphatic carbocycles. The summed E-state index contributed by atoms with van der Waals surface area (Å²) in [5.41, 5.74) is 0.862. The molecule has 7 nitrogen and oxygen atoms in total. The normalized spacial score (nSPS) is 19.1. The van der Waals surface area contributed by atoms with Gasteiger partial charge in [0, 0.05) is 6.54 Å². The number of methoxy groups -OCH3 is 1. The molecule has 1 heterocycles. The van der Waals surface area contributed by atoms with Crippen LogP contribution >= 0.6 is 0 Å². The molecule has 27 heavy (non-hydrogen) atoms. The van der Waals surface area contributed by atoms with E-state index >= 15 is 0 Å². The van der Waals surface area contributed by atoms with Crippen molar-refractivity contribution in [3.8, 4) is 11.5 Å². The van der Waals surface area contributed by atoms with Crippen molar-refractivity contribution in [3.63, 3.8) is 0 Å². The predicted molar refractivity (Wildman–Crippen MR) is 104 cm³/mol. The Balaban J connectivity index is 2.08. The lowest BCUT2D eigenvalue weighted by atomic mass is 10.1. The van der Waals surface area contributed by atoms with Crippen LogP contribution in [0.25, 0.3) is 0 Å². The van der Waals surface area contributed by atoms with Crippen LogP contribution < -0.4 is 14.8 Å². The molecule has 1 aliphatic heterocycles. The number of carbonyl (C=O) groups is 1. The molecule has 1 fully saturated rings. The van der Waals surface area contributed by atoms with Gasteiger partial charge in [0.25, 0.3) is 0 Å². The smallest absolute Gasteiger partial charge is 0.238 e. The minimum atomic E-state index is -3.39. The van der Waals surface area contributed by atoms with Gasteiger partial charge in [0.1, 0.15) is 6.04 Å². The van der Waals surface area contributed by atoms with Gasteiger partial charge >= 0.3 is 0 Å². The highest BCUT2D eigenvalue weighted by atomic mass is 32.2. The Morgan fingerprint density at radius 2 is 2.00 bits per heavy atom. The minimum absolute atomic E-state index is 0.274. The summed E-state index contributed by atoms with van der Waals surface area (Å²) in [6, 6.07) is 4.62. The van der Waals surface area contributed by atoms with Crippen LogP contribution in [-0.2, 0) is 14.8 Å². The van der Waals surface area contributed by atoms with Gasteiger partial charge < -0.3 is 14.8 Å². The monoisotopic (exact) mass is 398 g/mol. The zero-order chi connectivity index (χ0) is 20.2. The Bertz CT molecular complexity index is 763. The molecule has 1 aromatic carbocycles. The van der Waals surface area contributed by atoms with Crippen LogP contribution in [0.1, 0.15) is 45.2 Å². The number of rotatable bonds is 8. The molecule has 1 amide bonds. The third-order valence-electron chi connectivity index (χ3n) is 4.55. The number of ether oxygens (including phenoxy) is 2. The number of benzene rings is 1. The Kier molecular flexibility index (Phi) is 7.11. The van der Waals surface area contributed by atoms with Gasteiger partial charge in [-0.05, 0) is 43.4 Å². The van der Waals surface area contributed by atoms with Gasteiger partial charge in [-0.1, -0.05) is 19.9 Å². The van der Waals surface area contributed by atoms with Crippen LogP contribution in [0.5, 0.6) is 11.5 Å². The molecule has 8 heteroatoms. The summed E-state index contributed by atoms with van der Waals surface area (Å²) >= 11 is 0. The largest absolute Gasteiger partial charge is 0.493 e. The lowest BCUT2D eigenvalue weighted by molar-refractivity contribution is -0.124. The molecule has 2 unspecified atom stereocenters. The molecule has 1 N–H and O–H groups in total. The number of sulfonamides is 1. The van der Waals surface area contributed by atoms with Gasteiger partial charge in [-0.3, -0.25) is 4.79 Å². The molecule has 0 spiro atoms. The van der Waals surface area contributed by atoms with E-state index in [1.807, 2.05) is 25.1 Å². The van der Waals surface area contributed by atoms with E-state index in [0.29, 0.717) is 43.4 Å². The van der Waals surface area contributed by atoms with Gasteiger partial charge in [0.15, 0.2) is 11.5 Å². The van der Waals surface area contributed by atoms with Crippen LogP contribution in [-0.4, -0.2) is 51.2 Å². The van der Waals surface area contributed by atoms with Gasteiger partial charge in [-0.25, -0.2) is 8.42 Å². The quantitative estimate of drug-likeness (QED) is 0.726. The van der Waals surface area contributed by atoms with E-state index in [2.05, 4.69) is 19.2 Å². The van der Waals surface area contributed by atoms with Crippen molar-refractivity contribution in [2.75, 3.05) is 26.5 Å². The van der Waals surface area contributed by atoms with Gasteiger partial charge in [-0.15, -0.1) is 0 Å². The predicted octanol–water partition coefficient (Wildman–Crippen LogP) is 2.33. The number of nitrogens with one attached hydrogen (secondary N) is 1. The van der Waals surface area contributed by atoms with Crippen molar-refractivity contribution in [2.24, 2.45) is 5.92 Å². The molecule has 2 atom stereocenters. The summed E-state index contributed by atoms with van der Waals surface area (Å²) in [6.07, 6.45) is 2.37. The fraction of sp³-hybridized carbons (Fsp3) is 0.632. The van der Waals surface area contributed by atoms with E-state index in [0.717, 1.165) is 11.8 Å². The van der Waals surface area contributed by atoms with Crippen LogP contribution in [0, 0.1) is 5.92 Å². The second-order valence-electron chi connectivity index (χ2n) is 7.38. The molecule has 2 rings (SSSR count). The molecule has 0 aromatic heterocycles. The maximum atomic E-state index is 12.6. The molecular weight excluding hydrogens is 368 g/mol. The first-order valence-corrected chi connectivity index (χ1v) is 11.1. The van der Waals surface area contributed by atoms with E-state index in [-0.39, 0.29) is 11.9 Å². The standard InChI is InChI=1S/C19H30N2O5S/c1-13(2)12-26-17-9-8-15(11-18(17)25-4)14(3)20-19(22)16-7-6-10-21(16)27(5,23)24/h8-9,11,13-14,16H,6-7,10,12H2,1-5H3,(H,20,22). The molecule has 1 aliphatic rings. The first-order chi connectivity index (χ1) is 12.6. The molecular formula is C19H30N2O5S. The highest BCUT2D eigenvalue weighted by Crippen LogP contribution is 2.31. The average Bonchev–Trinajstić information content (AvgIpc) is 3.10. The average molecular weight is 399 g/mol. The van der Waals surface area contributed by atoms with Crippen LogP contribution in [0.3, 0.4) is 0 Å². The zero-order valence-electron chi connectivity index (χ0n) is 16.7. The first kappa shape index (κ1) is 21.5. The molecule has 1 aromatic rings. The Labute approximate surface area is 162 Å².